The van der Waals surface area contributed by atoms with Crippen LogP contribution in [-0.2, 0) is 9.59 Å². The van der Waals surface area contributed by atoms with Crippen LogP contribution in [0.1, 0.15) is 26.7 Å². The first kappa shape index (κ1) is 16.6. The highest BCUT2D eigenvalue weighted by molar-refractivity contribution is 7.14. The molecule has 0 bridgehead atoms. The molecule has 1 aromatic heterocycles. The van der Waals surface area contributed by atoms with E-state index in [1.165, 1.54) is 11.3 Å². The lowest BCUT2D eigenvalue weighted by atomic mass is 10.1. The van der Waals surface area contributed by atoms with E-state index in [2.05, 4.69) is 10.3 Å². The summed E-state index contributed by atoms with van der Waals surface area (Å²) in [4.78, 5) is 31.0. The Labute approximate surface area is 145 Å². The third kappa shape index (κ3) is 3.48. The highest BCUT2D eigenvalue weighted by Crippen LogP contribution is 2.26. The van der Waals surface area contributed by atoms with Gasteiger partial charge >= 0.3 is 0 Å². The van der Waals surface area contributed by atoms with Crippen LogP contribution in [0.2, 0.25) is 0 Å². The van der Waals surface area contributed by atoms with Crippen LogP contribution in [0.4, 0.5) is 5.13 Å². The molecular formula is C18H21N3O2S. The van der Waals surface area contributed by atoms with E-state index in [0.717, 1.165) is 17.7 Å². The predicted molar refractivity (Wildman–Crippen MR) is 95.8 cm³/mol. The highest BCUT2D eigenvalue weighted by atomic mass is 32.1. The van der Waals surface area contributed by atoms with Crippen molar-refractivity contribution in [2.24, 2.45) is 5.92 Å². The molecule has 1 unspecified atom stereocenters. The Bertz CT molecular complexity index is 727. The summed E-state index contributed by atoms with van der Waals surface area (Å²) < 4.78 is 0. The first-order valence-electron chi connectivity index (χ1n) is 8.18. The lowest BCUT2D eigenvalue weighted by Crippen LogP contribution is -2.44. The molecule has 0 aliphatic carbocycles. The molecule has 6 heteroatoms. The highest BCUT2D eigenvalue weighted by Gasteiger charge is 2.35. The maximum absolute atomic E-state index is 12.6. The zero-order chi connectivity index (χ0) is 17.1. The minimum atomic E-state index is -0.385. The zero-order valence-corrected chi connectivity index (χ0v) is 14.7. The number of nitrogens with zero attached hydrogens (tertiary/aromatic N) is 2. The number of rotatable bonds is 4. The number of benzene rings is 1. The Kier molecular flexibility index (Phi) is 4.94. The summed E-state index contributed by atoms with van der Waals surface area (Å²) in [5.41, 5.74) is 1.86. The second-order valence-corrected chi connectivity index (χ2v) is 7.10. The summed E-state index contributed by atoms with van der Waals surface area (Å²) in [5.74, 6) is -0.199. The fraction of sp³-hybridized carbons (Fsp3) is 0.389. The Hall–Kier alpha value is -2.21. The summed E-state index contributed by atoms with van der Waals surface area (Å²) in [5, 5.41) is 5.37. The first-order valence-corrected chi connectivity index (χ1v) is 9.06. The molecule has 3 rings (SSSR count). The molecule has 1 atom stereocenters. The van der Waals surface area contributed by atoms with Crippen LogP contribution in [0.5, 0.6) is 0 Å². The van der Waals surface area contributed by atoms with E-state index in [9.17, 15) is 9.59 Å². The monoisotopic (exact) mass is 343 g/mol. The fourth-order valence-electron chi connectivity index (χ4n) is 2.90. The number of aromatic nitrogens is 1. The van der Waals surface area contributed by atoms with Gasteiger partial charge in [-0.25, -0.2) is 4.98 Å². The maximum Gasteiger partial charge on any atom is 0.248 e. The van der Waals surface area contributed by atoms with E-state index in [1.54, 1.807) is 4.90 Å². The van der Waals surface area contributed by atoms with Crippen molar-refractivity contribution in [2.45, 2.75) is 32.7 Å². The van der Waals surface area contributed by atoms with Gasteiger partial charge in [-0.15, -0.1) is 11.3 Å². The second kappa shape index (κ2) is 7.13. The quantitative estimate of drug-likeness (QED) is 0.925. The number of carbonyl (C=O) groups is 2. The fourth-order valence-corrected chi connectivity index (χ4v) is 3.62. The molecule has 2 amide bonds. The van der Waals surface area contributed by atoms with Gasteiger partial charge in [-0.2, -0.15) is 0 Å². The second-order valence-electron chi connectivity index (χ2n) is 6.24. The third-order valence-electron chi connectivity index (χ3n) is 4.14. The first-order chi connectivity index (χ1) is 11.6. The number of thiazole rings is 1. The summed E-state index contributed by atoms with van der Waals surface area (Å²) in [6, 6.07) is 9.46. The van der Waals surface area contributed by atoms with E-state index in [4.69, 9.17) is 0 Å². The van der Waals surface area contributed by atoms with E-state index in [1.807, 2.05) is 49.6 Å². The Morgan fingerprint density at radius 2 is 2.04 bits per heavy atom. The van der Waals surface area contributed by atoms with E-state index < -0.39 is 0 Å². The van der Waals surface area contributed by atoms with Crippen molar-refractivity contribution in [3.63, 3.8) is 0 Å². The van der Waals surface area contributed by atoms with Crippen molar-refractivity contribution in [2.75, 3.05) is 11.9 Å². The number of carbonyl (C=O) groups excluding carboxylic acids is 2. The van der Waals surface area contributed by atoms with Gasteiger partial charge in [0, 0.05) is 23.4 Å². The van der Waals surface area contributed by atoms with E-state index in [0.29, 0.717) is 18.1 Å². The molecule has 1 fully saturated rings. The largest absolute Gasteiger partial charge is 0.330 e. The molecule has 5 nitrogen and oxygen atoms in total. The van der Waals surface area contributed by atoms with Gasteiger partial charge in [0.2, 0.25) is 11.8 Å². The molecule has 1 N–H and O–H groups in total. The average Bonchev–Trinajstić information content (AvgIpc) is 3.24. The molecule has 2 aromatic rings. The number of nitrogens with one attached hydrogen (secondary N) is 1. The van der Waals surface area contributed by atoms with Crippen LogP contribution in [0.25, 0.3) is 11.3 Å². The summed E-state index contributed by atoms with van der Waals surface area (Å²) in [7, 11) is 0. The van der Waals surface area contributed by atoms with Crippen molar-refractivity contribution in [1.82, 2.24) is 9.88 Å². The van der Waals surface area contributed by atoms with Gasteiger partial charge in [0.1, 0.15) is 6.04 Å². The van der Waals surface area contributed by atoms with Gasteiger partial charge in [-0.1, -0.05) is 44.2 Å². The Balaban J connectivity index is 1.69. The van der Waals surface area contributed by atoms with E-state index >= 15 is 0 Å². The van der Waals surface area contributed by atoms with Gasteiger partial charge in [0.05, 0.1) is 5.69 Å². The van der Waals surface area contributed by atoms with Gasteiger partial charge in [0.25, 0.3) is 0 Å². The van der Waals surface area contributed by atoms with Crippen molar-refractivity contribution in [3.05, 3.63) is 35.7 Å². The van der Waals surface area contributed by atoms with Crippen molar-refractivity contribution >= 4 is 28.3 Å². The SMILES string of the molecule is CC(C)C(=O)N1CCCC1C(=O)Nc1nc(-c2ccccc2)cs1. The minimum Gasteiger partial charge on any atom is -0.330 e. The topological polar surface area (TPSA) is 62.3 Å². The molecule has 0 radical (unpaired) electrons. The third-order valence-corrected chi connectivity index (χ3v) is 4.89. The summed E-state index contributed by atoms with van der Waals surface area (Å²) >= 11 is 1.40. The minimum absolute atomic E-state index is 0.0387. The van der Waals surface area contributed by atoms with Crippen molar-refractivity contribution < 1.29 is 9.59 Å². The Morgan fingerprint density at radius 3 is 2.75 bits per heavy atom. The van der Waals surface area contributed by atoms with Gasteiger partial charge in [-0.05, 0) is 12.8 Å². The van der Waals surface area contributed by atoms with E-state index in [-0.39, 0.29) is 23.8 Å². The summed E-state index contributed by atoms with van der Waals surface area (Å²) in [6.45, 7) is 4.38. The summed E-state index contributed by atoms with van der Waals surface area (Å²) in [6.07, 6.45) is 1.57. The standard InChI is InChI=1S/C18H21N3O2S/c1-12(2)17(23)21-10-6-9-15(21)16(22)20-18-19-14(11-24-18)13-7-4-3-5-8-13/h3-5,7-8,11-12,15H,6,9-10H2,1-2H3,(H,19,20,22). The molecule has 1 aliphatic heterocycles. The molecule has 0 saturated carbocycles. The molecule has 1 aromatic carbocycles. The van der Waals surface area contributed by atoms with Crippen LogP contribution >= 0.6 is 11.3 Å². The molecule has 1 aliphatic rings. The zero-order valence-electron chi connectivity index (χ0n) is 13.9. The molecule has 24 heavy (non-hydrogen) atoms. The average molecular weight is 343 g/mol. The van der Waals surface area contributed by atoms with Crippen molar-refractivity contribution in [1.29, 1.82) is 0 Å². The van der Waals surface area contributed by atoms with Gasteiger partial charge < -0.3 is 10.2 Å². The molecule has 0 spiro atoms. The van der Waals surface area contributed by atoms with Crippen molar-refractivity contribution in [3.8, 4) is 11.3 Å². The smallest absolute Gasteiger partial charge is 0.248 e. The van der Waals surface area contributed by atoms with Crippen LogP contribution in [0.15, 0.2) is 35.7 Å². The van der Waals surface area contributed by atoms with Crippen LogP contribution in [0, 0.1) is 5.92 Å². The number of likely N-dealkylation sites (tertiary alicyclic amines) is 1. The van der Waals surface area contributed by atoms with Crippen LogP contribution in [0.3, 0.4) is 0 Å². The number of anilines is 1. The predicted octanol–water partition coefficient (Wildman–Crippen LogP) is 3.40. The van der Waals surface area contributed by atoms with Crippen LogP contribution in [-0.4, -0.2) is 34.3 Å². The molecule has 2 heterocycles. The lowest BCUT2D eigenvalue weighted by molar-refractivity contribution is -0.139. The molecular weight excluding hydrogens is 322 g/mol. The normalized spacial score (nSPS) is 17.3. The number of hydrogen-bond donors (Lipinski definition) is 1. The van der Waals surface area contributed by atoms with Gasteiger partial charge in [-0.3, -0.25) is 9.59 Å². The maximum atomic E-state index is 12.6. The van der Waals surface area contributed by atoms with Gasteiger partial charge in [0.15, 0.2) is 5.13 Å². The van der Waals surface area contributed by atoms with Crippen LogP contribution < -0.4 is 5.32 Å². The molecule has 1 saturated heterocycles. The number of hydrogen-bond acceptors (Lipinski definition) is 4. The number of amides is 2. The molecule has 126 valence electrons. The Morgan fingerprint density at radius 1 is 1.29 bits per heavy atom. The lowest BCUT2D eigenvalue weighted by Gasteiger charge is -2.25.